The van der Waals surface area contributed by atoms with Crippen LogP contribution in [0.25, 0.3) is 0 Å². The number of alkyl halides is 4. The predicted octanol–water partition coefficient (Wildman–Crippen LogP) is 2.95. The van der Waals surface area contributed by atoms with E-state index >= 15 is 0 Å². The monoisotopic (exact) mass is 267 g/mol. The second kappa shape index (κ2) is 5.90. The van der Waals surface area contributed by atoms with Crippen LogP contribution in [-0.4, -0.2) is 20.1 Å². The quantitative estimate of drug-likeness (QED) is 0.834. The Hall–Kier alpha value is -1.50. The van der Waals surface area contributed by atoms with E-state index in [1.165, 1.54) is 13.2 Å². The summed E-state index contributed by atoms with van der Waals surface area (Å²) >= 11 is 0. The summed E-state index contributed by atoms with van der Waals surface area (Å²) in [6.07, 6.45) is -4.79. The van der Waals surface area contributed by atoms with Crippen molar-refractivity contribution in [3.8, 4) is 11.5 Å². The lowest BCUT2D eigenvalue weighted by Gasteiger charge is -2.16. The minimum absolute atomic E-state index is 0.00810. The molecule has 0 aliphatic rings. The second-order valence-corrected chi connectivity index (χ2v) is 3.54. The van der Waals surface area contributed by atoms with Gasteiger partial charge in [0, 0.05) is 11.6 Å². The molecule has 0 aliphatic carbocycles. The van der Waals surface area contributed by atoms with Crippen LogP contribution in [0.15, 0.2) is 18.2 Å². The van der Waals surface area contributed by atoms with E-state index in [0.29, 0.717) is 5.75 Å². The Labute approximate surface area is 101 Å². The number of hydrogen-bond donors (Lipinski definition) is 1. The van der Waals surface area contributed by atoms with Gasteiger partial charge in [0.1, 0.15) is 11.5 Å². The smallest absolute Gasteiger partial charge is 0.496 e. The first-order valence-electron chi connectivity index (χ1n) is 5.12. The normalized spacial score (nSPS) is 13.2. The van der Waals surface area contributed by atoms with Gasteiger partial charge < -0.3 is 15.2 Å². The van der Waals surface area contributed by atoms with Crippen molar-refractivity contribution in [3.63, 3.8) is 0 Å². The fourth-order valence-electron chi connectivity index (χ4n) is 1.47. The van der Waals surface area contributed by atoms with Gasteiger partial charge in [0.2, 0.25) is 0 Å². The lowest BCUT2D eigenvalue weighted by Crippen LogP contribution is -2.18. The van der Waals surface area contributed by atoms with Crippen molar-refractivity contribution in [1.82, 2.24) is 0 Å². The molecule has 0 amide bonds. The number of methoxy groups -OCH3 is 1. The molecule has 3 nitrogen and oxygen atoms in total. The number of nitrogens with two attached hydrogens (primary N) is 1. The average molecular weight is 267 g/mol. The first-order valence-corrected chi connectivity index (χ1v) is 5.12. The van der Waals surface area contributed by atoms with Crippen molar-refractivity contribution in [2.24, 2.45) is 5.73 Å². The first-order chi connectivity index (χ1) is 8.37. The van der Waals surface area contributed by atoms with E-state index in [1.54, 1.807) is 0 Å². The maximum absolute atomic E-state index is 12.2. The fraction of sp³-hybridized carbons (Fsp3) is 0.455. The Morgan fingerprint density at radius 2 is 2.00 bits per heavy atom. The van der Waals surface area contributed by atoms with E-state index in [9.17, 15) is 17.6 Å². The summed E-state index contributed by atoms with van der Waals surface area (Å²) in [7, 11) is 1.35. The highest BCUT2D eigenvalue weighted by molar-refractivity contribution is 5.42. The van der Waals surface area contributed by atoms with E-state index in [2.05, 4.69) is 4.74 Å². The molecule has 0 radical (unpaired) electrons. The van der Waals surface area contributed by atoms with E-state index < -0.39 is 24.8 Å². The largest absolute Gasteiger partial charge is 0.573 e. The summed E-state index contributed by atoms with van der Waals surface area (Å²) in [6.45, 7) is -0.672. The Morgan fingerprint density at radius 1 is 1.33 bits per heavy atom. The zero-order valence-corrected chi connectivity index (χ0v) is 9.63. The maximum Gasteiger partial charge on any atom is 0.573 e. The summed E-state index contributed by atoms with van der Waals surface area (Å²) in [6, 6.07) is 2.76. The lowest BCUT2D eigenvalue weighted by molar-refractivity contribution is -0.274. The summed E-state index contributed by atoms with van der Waals surface area (Å²) in [5.41, 5.74) is 5.93. The Morgan fingerprint density at radius 3 is 2.50 bits per heavy atom. The SMILES string of the molecule is COc1ccc(OC(F)(F)F)cc1[C@H](N)CCF. The van der Waals surface area contributed by atoms with Crippen LogP contribution in [0.5, 0.6) is 11.5 Å². The van der Waals surface area contributed by atoms with Gasteiger partial charge in [-0.3, -0.25) is 4.39 Å². The van der Waals surface area contributed by atoms with Crippen molar-refractivity contribution < 1.29 is 27.0 Å². The maximum atomic E-state index is 12.2. The van der Waals surface area contributed by atoms with E-state index in [4.69, 9.17) is 10.5 Å². The standard InChI is InChI=1S/C11H13F4NO2/c1-17-10-3-2-7(18-11(13,14)15)6-8(10)9(16)4-5-12/h2-3,6,9H,4-5,16H2,1H3/t9-/m1/s1. The van der Waals surface area contributed by atoms with E-state index in [-0.39, 0.29) is 12.0 Å². The molecule has 0 heterocycles. The van der Waals surface area contributed by atoms with Gasteiger partial charge in [0.15, 0.2) is 0 Å². The van der Waals surface area contributed by atoms with Gasteiger partial charge in [-0.05, 0) is 24.6 Å². The molecule has 102 valence electrons. The van der Waals surface area contributed by atoms with Crippen molar-refractivity contribution in [1.29, 1.82) is 0 Å². The van der Waals surface area contributed by atoms with Crippen LogP contribution in [0.4, 0.5) is 17.6 Å². The Balaban J connectivity index is 3.01. The van der Waals surface area contributed by atoms with Gasteiger partial charge in [0.25, 0.3) is 0 Å². The lowest BCUT2D eigenvalue weighted by atomic mass is 10.0. The summed E-state index contributed by atoms with van der Waals surface area (Å²) in [4.78, 5) is 0. The molecule has 0 bridgehead atoms. The van der Waals surface area contributed by atoms with Crippen LogP contribution in [0.2, 0.25) is 0 Å². The highest BCUT2D eigenvalue weighted by atomic mass is 19.4. The van der Waals surface area contributed by atoms with Gasteiger partial charge in [-0.15, -0.1) is 13.2 Å². The molecule has 7 heteroatoms. The fourth-order valence-corrected chi connectivity index (χ4v) is 1.47. The average Bonchev–Trinajstić information content (AvgIpc) is 2.27. The molecule has 0 aromatic heterocycles. The molecule has 0 unspecified atom stereocenters. The highest BCUT2D eigenvalue weighted by Crippen LogP contribution is 2.32. The molecule has 0 fully saturated rings. The number of halogens is 4. The number of ether oxygens (including phenoxy) is 2. The molecule has 0 spiro atoms. The molecule has 1 atom stereocenters. The minimum atomic E-state index is -4.78. The topological polar surface area (TPSA) is 44.5 Å². The van der Waals surface area contributed by atoms with Crippen molar-refractivity contribution in [3.05, 3.63) is 23.8 Å². The van der Waals surface area contributed by atoms with Gasteiger partial charge in [-0.2, -0.15) is 0 Å². The highest BCUT2D eigenvalue weighted by Gasteiger charge is 2.31. The van der Waals surface area contributed by atoms with Gasteiger partial charge >= 0.3 is 6.36 Å². The Kier molecular flexibility index (Phi) is 4.77. The van der Waals surface area contributed by atoms with E-state index in [0.717, 1.165) is 12.1 Å². The number of hydrogen-bond acceptors (Lipinski definition) is 3. The second-order valence-electron chi connectivity index (χ2n) is 3.54. The molecule has 1 aromatic rings. The third kappa shape index (κ3) is 4.06. The zero-order valence-electron chi connectivity index (χ0n) is 9.63. The Bertz CT molecular complexity index is 395. The molecular formula is C11H13F4NO2. The van der Waals surface area contributed by atoms with Gasteiger partial charge in [0.05, 0.1) is 13.8 Å². The predicted molar refractivity (Wildman–Crippen MR) is 57.2 cm³/mol. The molecule has 2 N–H and O–H groups in total. The third-order valence-corrected chi connectivity index (χ3v) is 2.25. The van der Waals surface area contributed by atoms with E-state index in [1.807, 2.05) is 0 Å². The number of rotatable bonds is 5. The molecule has 1 aromatic carbocycles. The summed E-state index contributed by atoms with van der Waals surface area (Å²) < 4.78 is 57.1. The zero-order chi connectivity index (χ0) is 13.8. The van der Waals surface area contributed by atoms with Crippen molar-refractivity contribution in [2.75, 3.05) is 13.8 Å². The summed E-state index contributed by atoms with van der Waals surface area (Å²) in [5.74, 6) is -0.113. The van der Waals surface area contributed by atoms with Crippen LogP contribution >= 0.6 is 0 Å². The van der Waals surface area contributed by atoms with Crippen molar-refractivity contribution >= 4 is 0 Å². The number of benzene rings is 1. The molecule has 0 aliphatic heterocycles. The third-order valence-electron chi connectivity index (χ3n) is 2.25. The van der Waals surface area contributed by atoms with Gasteiger partial charge in [-0.1, -0.05) is 0 Å². The molecule has 18 heavy (non-hydrogen) atoms. The van der Waals surface area contributed by atoms with Crippen LogP contribution in [0.3, 0.4) is 0 Å². The molecule has 1 rings (SSSR count). The van der Waals surface area contributed by atoms with Crippen LogP contribution in [0.1, 0.15) is 18.0 Å². The summed E-state index contributed by atoms with van der Waals surface area (Å²) in [5, 5.41) is 0. The minimum Gasteiger partial charge on any atom is -0.496 e. The molecule has 0 saturated heterocycles. The van der Waals surface area contributed by atoms with Crippen molar-refractivity contribution in [2.45, 2.75) is 18.8 Å². The van der Waals surface area contributed by atoms with Gasteiger partial charge in [-0.25, -0.2) is 0 Å². The molecular weight excluding hydrogens is 254 g/mol. The first kappa shape index (κ1) is 14.6. The van der Waals surface area contributed by atoms with Crippen LogP contribution in [-0.2, 0) is 0 Å². The van der Waals surface area contributed by atoms with Crippen LogP contribution in [0, 0.1) is 0 Å². The van der Waals surface area contributed by atoms with Crippen LogP contribution < -0.4 is 15.2 Å². The molecule has 0 saturated carbocycles.